The highest BCUT2D eigenvalue weighted by Gasteiger charge is 2.16. The van der Waals surface area contributed by atoms with Crippen molar-refractivity contribution in [1.29, 1.82) is 0 Å². The van der Waals surface area contributed by atoms with Crippen molar-refractivity contribution in [3.8, 4) is 0 Å². The maximum absolute atomic E-state index is 11.8. The van der Waals surface area contributed by atoms with Crippen molar-refractivity contribution in [2.45, 2.75) is 25.3 Å². The molecule has 0 aliphatic carbocycles. The molecule has 0 aromatic carbocycles. The number of nitrogens with zero attached hydrogens (tertiary/aromatic N) is 3. The van der Waals surface area contributed by atoms with Crippen LogP contribution >= 0.6 is 0 Å². The standard InChI is InChI=1S/C16H22N4O/c1-19-15(21)3-2-14-16(19)12(4-8-18-14)5-9-20-10-6-13(17)7-11-20/h2-4,8,13H,5-7,9-11,17H2,1H3. The Labute approximate surface area is 124 Å². The molecule has 3 heterocycles. The predicted molar refractivity (Wildman–Crippen MR) is 84.3 cm³/mol. The summed E-state index contributed by atoms with van der Waals surface area (Å²) < 4.78 is 1.70. The van der Waals surface area contributed by atoms with Gasteiger partial charge in [0, 0.05) is 31.9 Å². The van der Waals surface area contributed by atoms with Crippen molar-refractivity contribution >= 4 is 11.0 Å². The van der Waals surface area contributed by atoms with E-state index in [1.54, 1.807) is 16.7 Å². The molecule has 5 nitrogen and oxygen atoms in total. The van der Waals surface area contributed by atoms with Gasteiger partial charge in [0.1, 0.15) is 0 Å². The second-order valence-corrected chi connectivity index (χ2v) is 5.86. The number of hydrogen-bond donors (Lipinski definition) is 1. The molecule has 1 saturated heterocycles. The maximum atomic E-state index is 11.8. The van der Waals surface area contributed by atoms with Crippen molar-refractivity contribution in [2.75, 3.05) is 19.6 Å². The van der Waals surface area contributed by atoms with Gasteiger partial charge in [0.2, 0.25) is 0 Å². The number of nitrogens with two attached hydrogens (primary N) is 1. The van der Waals surface area contributed by atoms with Crippen molar-refractivity contribution < 1.29 is 0 Å². The monoisotopic (exact) mass is 286 g/mol. The van der Waals surface area contributed by atoms with Crippen LogP contribution in [0.2, 0.25) is 0 Å². The lowest BCUT2D eigenvalue weighted by atomic mass is 10.0. The summed E-state index contributed by atoms with van der Waals surface area (Å²) in [6.45, 7) is 3.15. The van der Waals surface area contributed by atoms with Crippen LogP contribution in [0.25, 0.3) is 11.0 Å². The normalized spacial score (nSPS) is 17.4. The van der Waals surface area contributed by atoms with Gasteiger partial charge >= 0.3 is 0 Å². The Morgan fingerprint density at radius 2 is 2.05 bits per heavy atom. The molecule has 112 valence electrons. The number of aryl methyl sites for hydroxylation is 1. The number of pyridine rings is 2. The molecule has 0 atom stereocenters. The molecule has 1 aliphatic rings. The molecule has 2 N–H and O–H groups in total. The van der Waals surface area contributed by atoms with E-state index in [1.807, 2.05) is 19.3 Å². The second-order valence-electron chi connectivity index (χ2n) is 5.86. The van der Waals surface area contributed by atoms with Crippen molar-refractivity contribution in [1.82, 2.24) is 14.5 Å². The molecule has 3 rings (SSSR count). The lowest BCUT2D eigenvalue weighted by Gasteiger charge is -2.30. The highest BCUT2D eigenvalue weighted by Crippen LogP contribution is 2.16. The average molecular weight is 286 g/mol. The van der Waals surface area contributed by atoms with Crippen LogP contribution in [-0.2, 0) is 13.5 Å². The van der Waals surface area contributed by atoms with E-state index in [1.165, 1.54) is 5.56 Å². The fourth-order valence-electron chi connectivity index (χ4n) is 3.05. The van der Waals surface area contributed by atoms with Gasteiger partial charge in [-0.2, -0.15) is 0 Å². The lowest BCUT2D eigenvalue weighted by molar-refractivity contribution is 0.216. The highest BCUT2D eigenvalue weighted by molar-refractivity contribution is 5.78. The van der Waals surface area contributed by atoms with Crippen LogP contribution in [0.4, 0.5) is 0 Å². The molecule has 2 aromatic heterocycles. The Kier molecular flexibility index (Phi) is 4.03. The minimum absolute atomic E-state index is 0.0145. The predicted octanol–water partition coefficient (Wildman–Crippen LogP) is 0.899. The molecule has 0 radical (unpaired) electrons. The third-order valence-corrected chi connectivity index (χ3v) is 4.42. The summed E-state index contributed by atoms with van der Waals surface area (Å²) in [5.41, 5.74) is 8.99. The summed E-state index contributed by atoms with van der Waals surface area (Å²) in [6.07, 6.45) is 4.92. The Balaban J connectivity index is 1.81. The van der Waals surface area contributed by atoms with E-state index in [0.717, 1.165) is 49.9 Å². The van der Waals surface area contributed by atoms with Crippen molar-refractivity contribution in [3.05, 3.63) is 40.3 Å². The maximum Gasteiger partial charge on any atom is 0.250 e. The zero-order valence-corrected chi connectivity index (χ0v) is 12.5. The van der Waals surface area contributed by atoms with Crippen LogP contribution in [0.1, 0.15) is 18.4 Å². The average Bonchev–Trinajstić information content (AvgIpc) is 2.50. The smallest absolute Gasteiger partial charge is 0.250 e. The SMILES string of the molecule is Cn1c(=O)ccc2nccc(CCN3CCC(N)CC3)c21. The zero-order chi connectivity index (χ0) is 14.8. The van der Waals surface area contributed by atoms with Gasteiger partial charge in [0.15, 0.2) is 0 Å². The first-order chi connectivity index (χ1) is 10.1. The van der Waals surface area contributed by atoms with E-state index >= 15 is 0 Å². The summed E-state index contributed by atoms with van der Waals surface area (Å²) >= 11 is 0. The topological polar surface area (TPSA) is 64.2 Å². The van der Waals surface area contributed by atoms with Crippen molar-refractivity contribution in [2.24, 2.45) is 12.8 Å². The molecule has 0 saturated carbocycles. The van der Waals surface area contributed by atoms with Crippen LogP contribution in [0.5, 0.6) is 0 Å². The molecule has 0 unspecified atom stereocenters. The molecule has 5 heteroatoms. The number of piperidine rings is 1. The number of hydrogen-bond acceptors (Lipinski definition) is 4. The van der Waals surface area contributed by atoms with Gasteiger partial charge in [0.25, 0.3) is 5.56 Å². The van der Waals surface area contributed by atoms with E-state index in [9.17, 15) is 4.79 Å². The Hall–Kier alpha value is -1.72. The minimum atomic E-state index is 0.0145. The first kappa shape index (κ1) is 14.2. The van der Waals surface area contributed by atoms with Gasteiger partial charge in [-0.25, -0.2) is 0 Å². The van der Waals surface area contributed by atoms with E-state index in [4.69, 9.17) is 5.73 Å². The third-order valence-electron chi connectivity index (χ3n) is 4.42. The van der Waals surface area contributed by atoms with E-state index in [0.29, 0.717) is 6.04 Å². The number of rotatable bonds is 3. The Morgan fingerprint density at radius 3 is 2.81 bits per heavy atom. The minimum Gasteiger partial charge on any atom is -0.328 e. The summed E-state index contributed by atoms with van der Waals surface area (Å²) in [4.78, 5) is 18.7. The van der Waals surface area contributed by atoms with Gasteiger partial charge in [-0.3, -0.25) is 9.78 Å². The molecule has 21 heavy (non-hydrogen) atoms. The zero-order valence-electron chi connectivity index (χ0n) is 12.5. The third kappa shape index (κ3) is 2.99. The second kappa shape index (κ2) is 5.95. The fourth-order valence-corrected chi connectivity index (χ4v) is 3.05. The fraction of sp³-hybridized carbons (Fsp3) is 0.500. The molecule has 0 bridgehead atoms. The van der Waals surface area contributed by atoms with Crippen LogP contribution in [0.3, 0.4) is 0 Å². The Morgan fingerprint density at radius 1 is 1.29 bits per heavy atom. The van der Waals surface area contributed by atoms with Gasteiger partial charge in [-0.05, 0) is 50.0 Å². The van der Waals surface area contributed by atoms with E-state index in [-0.39, 0.29) is 5.56 Å². The molecule has 1 fully saturated rings. The lowest BCUT2D eigenvalue weighted by Crippen LogP contribution is -2.40. The van der Waals surface area contributed by atoms with Crippen LogP contribution in [-0.4, -0.2) is 40.1 Å². The van der Waals surface area contributed by atoms with Gasteiger partial charge in [0.05, 0.1) is 11.0 Å². The van der Waals surface area contributed by atoms with Gasteiger partial charge in [-0.15, -0.1) is 0 Å². The summed E-state index contributed by atoms with van der Waals surface area (Å²) in [5, 5.41) is 0. The molecular formula is C16H22N4O. The summed E-state index contributed by atoms with van der Waals surface area (Å²) in [6, 6.07) is 5.77. The highest BCUT2D eigenvalue weighted by atomic mass is 16.1. The van der Waals surface area contributed by atoms with Crippen LogP contribution in [0, 0.1) is 0 Å². The van der Waals surface area contributed by atoms with E-state index < -0.39 is 0 Å². The molecule has 1 aliphatic heterocycles. The van der Waals surface area contributed by atoms with Crippen LogP contribution in [0.15, 0.2) is 29.2 Å². The van der Waals surface area contributed by atoms with Gasteiger partial charge in [-0.1, -0.05) is 0 Å². The molecular weight excluding hydrogens is 264 g/mol. The molecule has 0 spiro atoms. The first-order valence-corrected chi connectivity index (χ1v) is 7.57. The number of likely N-dealkylation sites (tertiary alicyclic amines) is 1. The molecule has 2 aromatic rings. The first-order valence-electron chi connectivity index (χ1n) is 7.57. The molecule has 0 amide bonds. The summed E-state index contributed by atoms with van der Waals surface area (Å²) in [5.74, 6) is 0. The van der Waals surface area contributed by atoms with E-state index in [2.05, 4.69) is 9.88 Å². The number of fused-ring (bicyclic) bond motifs is 1. The largest absolute Gasteiger partial charge is 0.328 e. The van der Waals surface area contributed by atoms with Crippen LogP contribution < -0.4 is 11.3 Å². The Bertz CT molecular complexity index is 686. The van der Waals surface area contributed by atoms with Gasteiger partial charge < -0.3 is 15.2 Å². The number of aromatic nitrogens is 2. The quantitative estimate of drug-likeness (QED) is 0.910. The summed E-state index contributed by atoms with van der Waals surface area (Å²) in [7, 11) is 1.82. The van der Waals surface area contributed by atoms with Crippen molar-refractivity contribution in [3.63, 3.8) is 0 Å².